The minimum absolute atomic E-state index is 0.0134. The van der Waals surface area contributed by atoms with E-state index >= 15 is 0 Å². The van der Waals surface area contributed by atoms with Crippen LogP contribution in [0.15, 0.2) is 48.5 Å². The van der Waals surface area contributed by atoms with E-state index in [1.807, 2.05) is 30.3 Å². The third kappa shape index (κ3) is 4.42. The number of hydrogen-bond donors (Lipinski definition) is 1. The third-order valence-corrected chi connectivity index (χ3v) is 4.69. The van der Waals surface area contributed by atoms with Gasteiger partial charge in [-0.05, 0) is 23.8 Å². The van der Waals surface area contributed by atoms with Crippen LogP contribution in [-0.4, -0.2) is 18.4 Å². The Morgan fingerprint density at radius 1 is 1.19 bits per heavy atom. The second kappa shape index (κ2) is 7.60. The van der Waals surface area contributed by atoms with Crippen molar-refractivity contribution >= 4 is 29.1 Å². The molecule has 0 saturated carbocycles. The maximum Gasteiger partial charge on any atom is 0.416 e. The highest BCUT2D eigenvalue weighted by molar-refractivity contribution is 6.34. The summed E-state index contributed by atoms with van der Waals surface area (Å²) in [7, 11) is 0. The molecular formula is C19H16ClF3N2O2. The molecule has 2 aromatic rings. The topological polar surface area (TPSA) is 49.4 Å². The Bertz CT molecular complexity index is 856. The summed E-state index contributed by atoms with van der Waals surface area (Å²) in [4.78, 5) is 25.8. The summed E-state index contributed by atoms with van der Waals surface area (Å²) in [6, 6.07) is 12.1. The molecule has 4 nitrogen and oxygen atoms in total. The van der Waals surface area contributed by atoms with Crippen LogP contribution in [0.25, 0.3) is 0 Å². The van der Waals surface area contributed by atoms with E-state index in [1.54, 1.807) is 0 Å². The zero-order valence-electron chi connectivity index (χ0n) is 14.1. The molecule has 1 aliphatic rings. The molecule has 1 heterocycles. The predicted molar refractivity (Wildman–Crippen MR) is 95.2 cm³/mol. The maximum absolute atomic E-state index is 12.9. The van der Waals surface area contributed by atoms with E-state index in [-0.39, 0.29) is 29.6 Å². The molecule has 27 heavy (non-hydrogen) atoms. The highest BCUT2D eigenvalue weighted by Crippen LogP contribution is 2.37. The average Bonchev–Trinajstić information content (AvgIpc) is 3.01. The summed E-state index contributed by atoms with van der Waals surface area (Å²) in [5, 5.41) is 2.78. The summed E-state index contributed by atoms with van der Waals surface area (Å²) in [5.74, 6) is -1.40. The molecule has 0 bridgehead atoms. The number of rotatable bonds is 4. The van der Waals surface area contributed by atoms with Gasteiger partial charge in [-0.2, -0.15) is 13.2 Å². The molecule has 1 unspecified atom stereocenters. The second-order valence-electron chi connectivity index (χ2n) is 6.27. The molecule has 0 aromatic heterocycles. The monoisotopic (exact) mass is 396 g/mol. The lowest BCUT2D eigenvalue weighted by Crippen LogP contribution is -2.32. The first-order valence-corrected chi connectivity index (χ1v) is 8.62. The number of carbonyl (C=O) groups excluding carboxylic acids is 2. The normalized spacial score (nSPS) is 17.3. The molecular weight excluding hydrogens is 381 g/mol. The van der Waals surface area contributed by atoms with Gasteiger partial charge in [0.2, 0.25) is 11.8 Å². The van der Waals surface area contributed by atoms with Gasteiger partial charge in [-0.3, -0.25) is 9.59 Å². The number of nitrogens with one attached hydrogen (secondary N) is 1. The van der Waals surface area contributed by atoms with Crippen molar-refractivity contribution in [3.05, 3.63) is 64.7 Å². The predicted octanol–water partition coefficient (Wildman–Crippen LogP) is 4.03. The quantitative estimate of drug-likeness (QED) is 0.848. The fraction of sp³-hybridized carbons (Fsp3) is 0.263. The minimum Gasteiger partial charge on any atom is -0.352 e. The molecule has 0 spiro atoms. The molecule has 3 rings (SSSR count). The highest BCUT2D eigenvalue weighted by atomic mass is 35.5. The number of benzene rings is 2. The summed E-state index contributed by atoms with van der Waals surface area (Å²) in [6.45, 7) is 0.301. The number of alkyl halides is 3. The van der Waals surface area contributed by atoms with Crippen molar-refractivity contribution < 1.29 is 22.8 Å². The Kier molecular flexibility index (Phi) is 5.41. The fourth-order valence-corrected chi connectivity index (χ4v) is 3.16. The van der Waals surface area contributed by atoms with Crippen LogP contribution in [0.3, 0.4) is 0 Å². The SMILES string of the molecule is O=C(NCc1ccccc1)C1CC(=O)N(c2cc(C(F)(F)F)ccc2Cl)C1. The van der Waals surface area contributed by atoms with Crippen LogP contribution >= 0.6 is 11.6 Å². The van der Waals surface area contributed by atoms with Gasteiger partial charge in [0.15, 0.2) is 0 Å². The van der Waals surface area contributed by atoms with Gasteiger partial charge in [0.25, 0.3) is 0 Å². The molecule has 0 aliphatic carbocycles. The standard InChI is InChI=1S/C19H16ClF3N2O2/c20-15-7-6-14(19(21,22)23)9-16(15)25-11-13(8-17(25)26)18(27)24-10-12-4-2-1-3-5-12/h1-7,9,13H,8,10-11H2,(H,24,27). The Morgan fingerprint density at radius 3 is 2.56 bits per heavy atom. The summed E-state index contributed by atoms with van der Waals surface area (Å²) in [5.41, 5.74) is -0.0190. The van der Waals surface area contributed by atoms with Crippen LogP contribution in [0, 0.1) is 5.92 Å². The number of nitrogens with zero attached hydrogens (tertiary/aromatic N) is 1. The van der Waals surface area contributed by atoms with E-state index in [2.05, 4.69) is 5.32 Å². The van der Waals surface area contributed by atoms with Crippen molar-refractivity contribution in [1.82, 2.24) is 5.32 Å². The molecule has 1 fully saturated rings. The van der Waals surface area contributed by atoms with Crippen LogP contribution in [0.4, 0.5) is 18.9 Å². The number of anilines is 1. The molecule has 1 saturated heterocycles. The highest BCUT2D eigenvalue weighted by Gasteiger charge is 2.37. The molecule has 0 radical (unpaired) electrons. The lowest BCUT2D eigenvalue weighted by Gasteiger charge is -2.20. The Hall–Kier alpha value is -2.54. The third-order valence-electron chi connectivity index (χ3n) is 4.37. The van der Waals surface area contributed by atoms with Gasteiger partial charge >= 0.3 is 6.18 Å². The number of hydrogen-bond acceptors (Lipinski definition) is 2. The first-order chi connectivity index (χ1) is 12.8. The van der Waals surface area contributed by atoms with Crippen LogP contribution < -0.4 is 10.2 Å². The van der Waals surface area contributed by atoms with Gasteiger partial charge in [-0.25, -0.2) is 0 Å². The Morgan fingerprint density at radius 2 is 1.89 bits per heavy atom. The Balaban J connectivity index is 1.71. The van der Waals surface area contributed by atoms with Crippen molar-refractivity contribution in [3.63, 3.8) is 0 Å². The molecule has 2 aromatic carbocycles. The average molecular weight is 397 g/mol. The van der Waals surface area contributed by atoms with Crippen LogP contribution in [0.2, 0.25) is 5.02 Å². The van der Waals surface area contributed by atoms with E-state index < -0.39 is 23.6 Å². The van der Waals surface area contributed by atoms with E-state index in [1.165, 1.54) is 0 Å². The van der Waals surface area contributed by atoms with Crippen LogP contribution in [0.5, 0.6) is 0 Å². The van der Waals surface area contributed by atoms with E-state index in [4.69, 9.17) is 11.6 Å². The van der Waals surface area contributed by atoms with E-state index in [0.717, 1.165) is 28.7 Å². The first-order valence-electron chi connectivity index (χ1n) is 8.24. The van der Waals surface area contributed by atoms with Gasteiger partial charge in [0.1, 0.15) is 0 Å². The van der Waals surface area contributed by atoms with Crippen molar-refractivity contribution in [2.75, 3.05) is 11.4 Å². The molecule has 1 atom stereocenters. The van der Waals surface area contributed by atoms with Gasteiger partial charge in [0.05, 0.1) is 22.2 Å². The van der Waals surface area contributed by atoms with Gasteiger partial charge in [-0.1, -0.05) is 41.9 Å². The van der Waals surface area contributed by atoms with Crippen molar-refractivity contribution in [3.8, 4) is 0 Å². The van der Waals surface area contributed by atoms with Crippen LogP contribution in [-0.2, 0) is 22.3 Å². The molecule has 8 heteroatoms. The number of amides is 2. The number of halogens is 4. The van der Waals surface area contributed by atoms with E-state index in [9.17, 15) is 22.8 Å². The zero-order valence-corrected chi connectivity index (χ0v) is 14.8. The smallest absolute Gasteiger partial charge is 0.352 e. The van der Waals surface area contributed by atoms with Crippen molar-refractivity contribution in [2.45, 2.75) is 19.1 Å². The summed E-state index contributed by atoms with van der Waals surface area (Å²) in [6.07, 6.45) is -4.62. The number of carbonyl (C=O) groups is 2. The Labute approximate surface area is 158 Å². The maximum atomic E-state index is 12.9. The molecule has 1 aliphatic heterocycles. The van der Waals surface area contributed by atoms with Crippen molar-refractivity contribution in [2.24, 2.45) is 5.92 Å². The summed E-state index contributed by atoms with van der Waals surface area (Å²) < 4.78 is 38.8. The van der Waals surface area contributed by atoms with Gasteiger partial charge in [0, 0.05) is 19.5 Å². The molecule has 142 valence electrons. The van der Waals surface area contributed by atoms with E-state index in [0.29, 0.717) is 6.54 Å². The van der Waals surface area contributed by atoms with Crippen molar-refractivity contribution in [1.29, 1.82) is 0 Å². The zero-order chi connectivity index (χ0) is 19.6. The fourth-order valence-electron chi connectivity index (χ4n) is 2.94. The van der Waals surface area contributed by atoms with Gasteiger partial charge in [-0.15, -0.1) is 0 Å². The first kappa shape index (κ1) is 19.2. The van der Waals surface area contributed by atoms with Gasteiger partial charge < -0.3 is 10.2 Å². The molecule has 1 N–H and O–H groups in total. The lowest BCUT2D eigenvalue weighted by atomic mass is 10.1. The largest absolute Gasteiger partial charge is 0.416 e. The lowest BCUT2D eigenvalue weighted by molar-refractivity contribution is -0.137. The minimum atomic E-state index is -4.55. The molecule has 2 amide bonds. The van der Waals surface area contributed by atoms with Crippen LogP contribution in [0.1, 0.15) is 17.5 Å². The summed E-state index contributed by atoms with van der Waals surface area (Å²) >= 11 is 6.00. The second-order valence-corrected chi connectivity index (χ2v) is 6.68.